The van der Waals surface area contributed by atoms with Gasteiger partial charge in [-0.1, -0.05) is 0 Å². The normalized spacial score (nSPS) is 13.0. The van der Waals surface area contributed by atoms with Crippen LogP contribution in [0.3, 0.4) is 0 Å². The summed E-state index contributed by atoms with van der Waals surface area (Å²) < 4.78 is 39.6. The van der Waals surface area contributed by atoms with Gasteiger partial charge in [0, 0.05) is 11.9 Å². The number of rotatable bonds is 9. The van der Waals surface area contributed by atoms with E-state index in [1.54, 1.807) is 80.6 Å². The molecule has 0 unspecified atom stereocenters. The van der Waals surface area contributed by atoms with Gasteiger partial charge in [0.1, 0.15) is 12.1 Å². The molecule has 1 heterocycles. The minimum atomic E-state index is -4.05. The third-order valence-electron chi connectivity index (χ3n) is 3.19. The molecule has 0 atom stereocenters. The standard InChI is InChI=1S/C21H37N2O8P/c1-19(2,3)29-17(24)14-23(13-16-11-10-12-22-16)18(25)27-15-28-32(26,30-20(4,5)6)31-21(7,8)9/h10-12,22H,13-15H2,1-9H3. The van der Waals surface area contributed by atoms with Crippen molar-refractivity contribution in [3.8, 4) is 0 Å². The molecule has 0 aliphatic carbocycles. The van der Waals surface area contributed by atoms with Crippen molar-refractivity contribution < 1.29 is 37.2 Å². The van der Waals surface area contributed by atoms with Crippen LogP contribution >= 0.6 is 7.82 Å². The Kier molecular flexibility index (Phi) is 9.53. The first-order chi connectivity index (χ1) is 14.4. The first-order valence-electron chi connectivity index (χ1n) is 10.3. The van der Waals surface area contributed by atoms with Gasteiger partial charge in [-0.25, -0.2) is 13.9 Å². The Balaban J connectivity index is 2.84. The zero-order valence-electron chi connectivity index (χ0n) is 20.5. The van der Waals surface area contributed by atoms with Crippen molar-refractivity contribution in [1.29, 1.82) is 0 Å². The lowest BCUT2D eigenvalue weighted by Crippen LogP contribution is -2.39. The molecular formula is C21H37N2O8P. The summed E-state index contributed by atoms with van der Waals surface area (Å²) in [5.74, 6) is -0.597. The Morgan fingerprint density at radius 2 is 1.53 bits per heavy atom. The number of H-pyrrole nitrogens is 1. The molecule has 11 heteroatoms. The van der Waals surface area contributed by atoms with Crippen molar-refractivity contribution >= 4 is 19.9 Å². The molecule has 1 rings (SSSR count). The molecule has 0 bridgehead atoms. The van der Waals surface area contributed by atoms with Crippen LogP contribution in [0, 0.1) is 0 Å². The lowest BCUT2D eigenvalue weighted by molar-refractivity contribution is -0.156. The van der Waals surface area contributed by atoms with Gasteiger partial charge in [0.05, 0.1) is 17.7 Å². The van der Waals surface area contributed by atoms with Gasteiger partial charge in [-0.3, -0.25) is 18.7 Å². The number of phosphoric acid groups is 1. The fraction of sp³-hybridized carbons (Fsp3) is 0.714. The highest BCUT2D eigenvalue weighted by Gasteiger charge is 2.37. The van der Waals surface area contributed by atoms with Crippen LogP contribution in [0.2, 0.25) is 0 Å². The highest BCUT2D eigenvalue weighted by molar-refractivity contribution is 7.48. The number of nitrogens with one attached hydrogen (secondary N) is 1. The molecule has 0 saturated heterocycles. The molecule has 0 aromatic carbocycles. The van der Waals surface area contributed by atoms with Crippen molar-refractivity contribution in [2.45, 2.75) is 85.7 Å². The molecule has 0 saturated carbocycles. The quantitative estimate of drug-likeness (QED) is 0.300. The van der Waals surface area contributed by atoms with Gasteiger partial charge in [0.15, 0.2) is 0 Å². The van der Waals surface area contributed by atoms with Crippen molar-refractivity contribution in [2.75, 3.05) is 13.3 Å². The monoisotopic (exact) mass is 476 g/mol. The van der Waals surface area contributed by atoms with Crippen LogP contribution in [-0.2, 0) is 38.9 Å². The number of esters is 1. The Morgan fingerprint density at radius 1 is 0.969 bits per heavy atom. The molecule has 0 spiro atoms. The van der Waals surface area contributed by atoms with Crippen LogP contribution in [0.4, 0.5) is 4.79 Å². The molecule has 0 fully saturated rings. The maximum absolute atomic E-state index is 13.0. The second kappa shape index (κ2) is 10.8. The van der Waals surface area contributed by atoms with Gasteiger partial charge < -0.3 is 14.5 Å². The number of carbonyl (C=O) groups is 2. The zero-order valence-corrected chi connectivity index (χ0v) is 21.4. The molecule has 1 aromatic rings. The topological polar surface area (TPSA) is 116 Å². The summed E-state index contributed by atoms with van der Waals surface area (Å²) in [6, 6.07) is 3.52. The van der Waals surface area contributed by atoms with E-state index in [1.807, 2.05) is 0 Å². The number of carbonyl (C=O) groups excluding carboxylic acids is 2. The molecule has 32 heavy (non-hydrogen) atoms. The largest absolute Gasteiger partial charge is 0.478 e. The van der Waals surface area contributed by atoms with E-state index in [-0.39, 0.29) is 13.1 Å². The van der Waals surface area contributed by atoms with Gasteiger partial charge in [-0.15, -0.1) is 0 Å². The number of hydrogen-bond donors (Lipinski definition) is 1. The molecule has 1 amide bonds. The first kappa shape index (κ1) is 28.2. The summed E-state index contributed by atoms with van der Waals surface area (Å²) in [5.41, 5.74) is -1.68. The summed E-state index contributed by atoms with van der Waals surface area (Å²) in [5, 5.41) is 0. The van der Waals surface area contributed by atoms with Crippen LogP contribution in [0.15, 0.2) is 18.3 Å². The van der Waals surface area contributed by atoms with E-state index in [2.05, 4.69) is 4.98 Å². The third kappa shape index (κ3) is 12.2. The first-order valence-corrected chi connectivity index (χ1v) is 11.8. The van der Waals surface area contributed by atoms with E-state index in [1.165, 1.54) is 0 Å². The average Bonchev–Trinajstić information content (AvgIpc) is 3.01. The van der Waals surface area contributed by atoms with Crippen LogP contribution in [-0.4, -0.2) is 52.1 Å². The number of aromatic nitrogens is 1. The Labute approximate surface area is 190 Å². The number of hydrogen-bond acceptors (Lipinski definition) is 8. The third-order valence-corrected chi connectivity index (χ3v) is 5.15. The SMILES string of the molecule is CC(C)(C)OC(=O)CN(Cc1ccc[nH]1)C(=O)OCOP(=O)(OC(C)(C)C)OC(C)(C)C. The van der Waals surface area contributed by atoms with Gasteiger partial charge in [-0.05, 0) is 74.4 Å². The Morgan fingerprint density at radius 3 is 1.97 bits per heavy atom. The van der Waals surface area contributed by atoms with Crippen molar-refractivity contribution in [3.05, 3.63) is 24.0 Å². The maximum Gasteiger partial charge on any atom is 0.478 e. The average molecular weight is 477 g/mol. The fourth-order valence-corrected chi connectivity index (χ4v) is 4.03. The van der Waals surface area contributed by atoms with Gasteiger partial charge in [0.25, 0.3) is 0 Å². The second-order valence-electron chi connectivity index (χ2n) is 10.1. The summed E-state index contributed by atoms with van der Waals surface area (Å²) in [7, 11) is -4.05. The smallest absolute Gasteiger partial charge is 0.459 e. The molecule has 0 aliphatic heterocycles. The Hall–Kier alpha value is -1.87. The van der Waals surface area contributed by atoms with E-state index in [4.69, 9.17) is 23.0 Å². The number of aromatic amines is 1. The summed E-state index contributed by atoms with van der Waals surface area (Å²) >= 11 is 0. The van der Waals surface area contributed by atoms with E-state index < -0.39 is 43.5 Å². The minimum absolute atomic E-state index is 0.0692. The van der Waals surface area contributed by atoms with Crippen LogP contribution in [0.5, 0.6) is 0 Å². The molecule has 0 radical (unpaired) electrons. The van der Waals surface area contributed by atoms with E-state index in [0.717, 1.165) is 4.90 Å². The highest BCUT2D eigenvalue weighted by atomic mass is 31.2. The van der Waals surface area contributed by atoms with Crippen LogP contribution in [0.25, 0.3) is 0 Å². The van der Waals surface area contributed by atoms with Gasteiger partial charge in [-0.2, -0.15) is 0 Å². The van der Waals surface area contributed by atoms with Gasteiger partial charge in [0.2, 0.25) is 6.79 Å². The van der Waals surface area contributed by atoms with E-state index in [0.29, 0.717) is 5.69 Å². The maximum atomic E-state index is 13.0. The number of amides is 1. The van der Waals surface area contributed by atoms with Crippen LogP contribution < -0.4 is 0 Å². The number of nitrogens with zero attached hydrogens (tertiary/aromatic N) is 1. The highest BCUT2D eigenvalue weighted by Crippen LogP contribution is 2.55. The summed E-state index contributed by atoms with van der Waals surface area (Å²) in [6.45, 7) is 14.4. The number of ether oxygens (including phenoxy) is 2. The van der Waals surface area contributed by atoms with E-state index in [9.17, 15) is 14.2 Å². The molecule has 0 aliphatic rings. The number of phosphoric ester groups is 1. The molecule has 1 N–H and O–H groups in total. The fourth-order valence-electron chi connectivity index (χ4n) is 2.36. The molecular weight excluding hydrogens is 439 g/mol. The van der Waals surface area contributed by atoms with Crippen molar-refractivity contribution in [1.82, 2.24) is 9.88 Å². The lowest BCUT2D eigenvalue weighted by atomic mass is 10.2. The van der Waals surface area contributed by atoms with Crippen molar-refractivity contribution in [2.24, 2.45) is 0 Å². The van der Waals surface area contributed by atoms with Crippen molar-refractivity contribution in [3.63, 3.8) is 0 Å². The zero-order chi connectivity index (χ0) is 24.8. The van der Waals surface area contributed by atoms with E-state index >= 15 is 0 Å². The molecule has 10 nitrogen and oxygen atoms in total. The minimum Gasteiger partial charge on any atom is -0.459 e. The van der Waals surface area contributed by atoms with Crippen LogP contribution in [0.1, 0.15) is 68.0 Å². The molecule has 1 aromatic heterocycles. The Bertz CT molecular complexity index is 768. The molecule has 184 valence electrons. The van der Waals surface area contributed by atoms with Gasteiger partial charge >= 0.3 is 19.9 Å². The summed E-state index contributed by atoms with van der Waals surface area (Å²) in [6.07, 6.45) is 0.836. The predicted molar refractivity (Wildman–Crippen MR) is 119 cm³/mol. The summed E-state index contributed by atoms with van der Waals surface area (Å²) in [4.78, 5) is 29.0. The lowest BCUT2D eigenvalue weighted by Gasteiger charge is -2.31. The predicted octanol–water partition coefficient (Wildman–Crippen LogP) is 5.01. The second-order valence-corrected chi connectivity index (χ2v) is 11.7.